The van der Waals surface area contributed by atoms with Gasteiger partial charge in [-0.15, -0.1) is 0 Å². The van der Waals surface area contributed by atoms with E-state index in [1.807, 2.05) is 0 Å². The number of hydrogen-bond donors (Lipinski definition) is 1. The lowest BCUT2D eigenvalue weighted by atomic mass is 9.85. The number of nitrogens with one attached hydrogen (secondary N) is 1. The van der Waals surface area contributed by atoms with Gasteiger partial charge in [0.1, 0.15) is 0 Å². The maximum atomic E-state index is 12.9. The molecule has 0 saturated carbocycles. The van der Waals surface area contributed by atoms with Gasteiger partial charge in [0, 0.05) is 24.2 Å². The van der Waals surface area contributed by atoms with Crippen LogP contribution in [0.1, 0.15) is 36.5 Å². The summed E-state index contributed by atoms with van der Waals surface area (Å²) in [6.45, 7) is 7.39. The Bertz CT molecular complexity index is 582. The van der Waals surface area contributed by atoms with Gasteiger partial charge in [0.15, 0.2) is 0 Å². The molecular weight excluding hydrogens is 289 g/mol. The molecule has 2 nitrogen and oxygen atoms in total. The van der Waals surface area contributed by atoms with E-state index in [4.69, 9.17) is 0 Å². The first-order chi connectivity index (χ1) is 10.3. The van der Waals surface area contributed by atoms with Crippen LogP contribution < -0.4 is 5.32 Å². The molecule has 0 amide bonds. The third-order valence-corrected chi connectivity index (χ3v) is 4.05. The van der Waals surface area contributed by atoms with Crippen molar-refractivity contribution in [2.45, 2.75) is 25.9 Å². The number of alkyl halides is 3. The van der Waals surface area contributed by atoms with E-state index in [0.29, 0.717) is 11.1 Å². The fourth-order valence-corrected chi connectivity index (χ4v) is 2.92. The Labute approximate surface area is 129 Å². The van der Waals surface area contributed by atoms with Gasteiger partial charge in [-0.05, 0) is 50.6 Å². The second kappa shape index (κ2) is 6.65. The SMILES string of the molecule is C=C(C)c1cc(C(F)(F)F)ccc1C(=NC)C1CCNCC1. The van der Waals surface area contributed by atoms with E-state index in [0.717, 1.165) is 43.3 Å². The predicted molar refractivity (Wildman–Crippen MR) is 84.2 cm³/mol. The van der Waals surface area contributed by atoms with Gasteiger partial charge in [-0.1, -0.05) is 18.2 Å². The number of piperidine rings is 1. The van der Waals surface area contributed by atoms with Crippen molar-refractivity contribution in [1.82, 2.24) is 5.32 Å². The minimum atomic E-state index is -4.35. The van der Waals surface area contributed by atoms with Crippen LogP contribution in [-0.2, 0) is 6.18 Å². The third-order valence-electron chi connectivity index (χ3n) is 4.05. The van der Waals surface area contributed by atoms with E-state index >= 15 is 0 Å². The first-order valence-electron chi connectivity index (χ1n) is 7.39. The highest BCUT2D eigenvalue weighted by Gasteiger charge is 2.32. The summed E-state index contributed by atoms with van der Waals surface area (Å²) in [5.74, 6) is 0.279. The van der Waals surface area contributed by atoms with Gasteiger partial charge in [0.25, 0.3) is 0 Å². The largest absolute Gasteiger partial charge is 0.416 e. The number of nitrogens with zero attached hydrogens (tertiary/aromatic N) is 1. The van der Waals surface area contributed by atoms with Crippen molar-refractivity contribution < 1.29 is 13.2 Å². The lowest BCUT2D eigenvalue weighted by Crippen LogP contribution is -2.32. The van der Waals surface area contributed by atoms with Crippen molar-refractivity contribution in [2.24, 2.45) is 10.9 Å². The third kappa shape index (κ3) is 3.58. The minimum Gasteiger partial charge on any atom is -0.317 e. The molecule has 0 unspecified atom stereocenters. The summed E-state index contributed by atoms with van der Waals surface area (Å²) in [6, 6.07) is 3.86. The van der Waals surface area contributed by atoms with Crippen LogP contribution in [-0.4, -0.2) is 25.8 Å². The fraction of sp³-hybridized carbons (Fsp3) is 0.471. The Hall–Kier alpha value is -1.62. The molecule has 1 saturated heterocycles. The number of benzene rings is 1. The number of hydrogen-bond acceptors (Lipinski definition) is 2. The number of aliphatic imine (C=N–C) groups is 1. The highest BCUT2D eigenvalue weighted by Crippen LogP contribution is 2.33. The zero-order valence-electron chi connectivity index (χ0n) is 12.9. The van der Waals surface area contributed by atoms with Crippen molar-refractivity contribution in [3.05, 3.63) is 41.5 Å². The summed E-state index contributed by atoms with van der Waals surface area (Å²) in [4.78, 5) is 4.38. The molecule has 1 heterocycles. The van der Waals surface area contributed by atoms with E-state index in [2.05, 4.69) is 16.9 Å². The summed E-state index contributed by atoms with van der Waals surface area (Å²) in [6.07, 6.45) is -2.45. The molecular formula is C17H21F3N2. The maximum absolute atomic E-state index is 12.9. The van der Waals surface area contributed by atoms with Gasteiger partial charge >= 0.3 is 6.18 Å². The molecule has 0 atom stereocenters. The Morgan fingerprint density at radius 2 is 1.86 bits per heavy atom. The van der Waals surface area contributed by atoms with Gasteiger partial charge < -0.3 is 5.32 Å². The lowest BCUT2D eigenvalue weighted by molar-refractivity contribution is -0.137. The van der Waals surface area contributed by atoms with Crippen LogP contribution >= 0.6 is 0 Å². The molecule has 0 bridgehead atoms. The Morgan fingerprint density at radius 1 is 1.23 bits per heavy atom. The summed E-state index contributed by atoms with van der Waals surface area (Å²) >= 11 is 0. The molecule has 22 heavy (non-hydrogen) atoms. The maximum Gasteiger partial charge on any atom is 0.416 e. The molecule has 0 aliphatic carbocycles. The van der Waals surface area contributed by atoms with E-state index in [9.17, 15) is 13.2 Å². The average Bonchev–Trinajstić information content (AvgIpc) is 2.48. The Balaban J connectivity index is 2.46. The van der Waals surface area contributed by atoms with Crippen molar-refractivity contribution in [3.8, 4) is 0 Å². The molecule has 1 N–H and O–H groups in total. The zero-order chi connectivity index (χ0) is 16.3. The normalized spacial score (nSPS) is 17.6. The molecule has 5 heteroatoms. The van der Waals surface area contributed by atoms with Crippen molar-refractivity contribution in [2.75, 3.05) is 20.1 Å². The van der Waals surface area contributed by atoms with Crippen LogP contribution in [0.15, 0.2) is 29.8 Å². The summed E-state index contributed by atoms with van der Waals surface area (Å²) in [7, 11) is 1.71. The van der Waals surface area contributed by atoms with Gasteiger partial charge in [0.2, 0.25) is 0 Å². The smallest absolute Gasteiger partial charge is 0.317 e. The summed E-state index contributed by atoms with van der Waals surface area (Å²) in [5.41, 5.74) is 2.17. The Kier molecular flexibility index (Phi) is 5.06. The number of allylic oxidation sites excluding steroid dienone is 1. The van der Waals surface area contributed by atoms with E-state index < -0.39 is 11.7 Å². The minimum absolute atomic E-state index is 0.279. The zero-order valence-corrected chi connectivity index (χ0v) is 12.9. The van der Waals surface area contributed by atoms with Crippen LogP contribution in [0.2, 0.25) is 0 Å². The first kappa shape index (κ1) is 16.7. The van der Waals surface area contributed by atoms with Crippen LogP contribution in [0.3, 0.4) is 0 Å². The molecule has 0 spiro atoms. The van der Waals surface area contributed by atoms with Crippen LogP contribution in [0.4, 0.5) is 13.2 Å². The molecule has 0 radical (unpaired) electrons. The first-order valence-corrected chi connectivity index (χ1v) is 7.39. The topological polar surface area (TPSA) is 24.4 Å². The quantitative estimate of drug-likeness (QED) is 0.833. The molecule has 1 fully saturated rings. The monoisotopic (exact) mass is 310 g/mol. The highest BCUT2D eigenvalue weighted by molar-refractivity contribution is 6.05. The molecule has 2 rings (SSSR count). The van der Waals surface area contributed by atoms with Gasteiger partial charge in [-0.3, -0.25) is 4.99 Å². The molecule has 1 aliphatic heterocycles. The van der Waals surface area contributed by atoms with E-state index in [-0.39, 0.29) is 5.92 Å². The second-order valence-electron chi connectivity index (χ2n) is 5.67. The molecule has 1 aliphatic rings. The summed E-state index contributed by atoms with van der Waals surface area (Å²) < 4.78 is 38.8. The average molecular weight is 310 g/mol. The number of rotatable bonds is 3. The van der Waals surface area contributed by atoms with E-state index in [1.54, 1.807) is 14.0 Å². The fourth-order valence-electron chi connectivity index (χ4n) is 2.92. The van der Waals surface area contributed by atoms with Gasteiger partial charge in [0.05, 0.1) is 5.56 Å². The molecule has 1 aromatic carbocycles. The Morgan fingerprint density at radius 3 is 2.36 bits per heavy atom. The molecule has 1 aromatic rings. The number of halogens is 3. The van der Waals surface area contributed by atoms with Crippen molar-refractivity contribution in [3.63, 3.8) is 0 Å². The highest BCUT2D eigenvalue weighted by atomic mass is 19.4. The van der Waals surface area contributed by atoms with Gasteiger partial charge in [-0.25, -0.2) is 0 Å². The van der Waals surface area contributed by atoms with E-state index in [1.165, 1.54) is 12.1 Å². The second-order valence-corrected chi connectivity index (χ2v) is 5.67. The predicted octanol–water partition coefficient (Wildman–Crippen LogP) is 4.16. The van der Waals surface area contributed by atoms with Crippen LogP contribution in [0.25, 0.3) is 5.57 Å². The summed E-state index contributed by atoms with van der Waals surface area (Å²) in [5, 5.41) is 3.29. The standard InChI is InChI=1S/C17H21F3N2/c1-11(2)15-10-13(17(18,19)20)4-5-14(15)16(21-3)12-6-8-22-9-7-12/h4-5,10,12,22H,1,6-9H2,2-3H3. The molecule has 120 valence electrons. The van der Waals surface area contributed by atoms with Crippen molar-refractivity contribution >= 4 is 11.3 Å². The van der Waals surface area contributed by atoms with Crippen molar-refractivity contribution in [1.29, 1.82) is 0 Å². The van der Waals surface area contributed by atoms with Crippen LogP contribution in [0.5, 0.6) is 0 Å². The molecule has 0 aromatic heterocycles. The van der Waals surface area contributed by atoms with Gasteiger partial charge in [-0.2, -0.15) is 13.2 Å². The van der Waals surface area contributed by atoms with Crippen LogP contribution in [0, 0.1) is 5.92 Å². The lowest BCUT2D eigenvalue weighted by Gasteiger charge is -2.26.